The summed E-state index contributed by atoms with van der Waals surface area (Å²) in [6, 6.07) is 5.59. The third kappa shape index (κ3) is 2.72. The molecule has 1 aliphatic carbocycles. The van der Waals surface area contributed by atoms with Crippen molar-refractivity contribution in [1.29, 1.82) is 0 Å². The van der Waals surface area contributed by atoms with Crippen LogP contribution in [0.3, 0.4) is 0 Å². The van der Waals surface area contributed by atoms with Gasteiger partial charge < -0.3 is 11.1 Å². The molecule has 1 saturated carbocycles. The standard InChI is InChI=1S/C14H19N3OS/c15-13(18)10-6-7-11-12(8-10)19-17-14(16-11)9-4-2-1-3-5-9/h6-9,14,16-17H,1-5H2,(H2,15,18). The summed E-state index contributed by atoms with van der Waals surface area (Å²) in [6.07, 6.45) is 6.96. The molecule has 0 aromatic heterocycles. The largest absolute Gasteiger partial charge is 0.368 e. The van der Waals surface area contributed by atoms with Crippen molar-refractivity contribution in [2.45, 2.75) is 43.2 Å². The number of rotatable bonds is 2. The first-order chi connectivity index (χ1) is 9.24. The second-order valence-electron chi connectivity index (χ2n) is 5.32. The highest BCUT2D eigenvalue weighted by Gasteiger charge is 2.27. The SMILES string of the molecule is NC(=O)c1ccc2c(c1)SNC(C1CCCCC1)N2. The van der Waals surface area contributed by atoms with Crippen molar-refractivity contribution in [1.82, 2.24) is 4.72 Å². The molecule has 0 spiro atoms. The molecule has 5 heteroatoms. The predicted molar refractivity (Wildman–Crippen MR) is 77.9 cm³/mol. The number of fused-ring (bicyclic) bond motifs is 1. The van der Waals surface area contributed by atoms with Gasteiger partial charge >= 0.3 is 0 Å². The molecule has 1 heterocycles. The molecule has 2 aliphatic rings. The van der Waals surface area contributed by atoms with E-state index in [1.54, 1.807) is 18.0 Å². The molecule has 4 nitrogen and oxygen atoms in total. The fourth-order valence-corrected chi connectivity index (χ4v) is 3.81. The zero-order valence-electron chi connectivity index (χ0n) is 10.8. The molecule has 0 saturated heterocycles. The number of primary amides is 1. The third-order valence-electron chi connectivity index (χ3n) is 3.99. The number of amides is 1. The van der Waals surface area contributed by atoms with E-state index in [4.69, 9.17) is 5.73 Å². The molecule has 0 bridgehead atoms. The molecule has 1 atom stereocenters. The van der Waals surface area contributed by atoms with Crippen molar-refractivity contribution < 1.29 is 4.79 Å². The topological polar surface area (TPSA) is 67.2 Å². The average molecular weight is 277 g/mol. The van der Waals surface area contributed by atoms with Crippen molar-refractivity contribution in [3.63, 3.8) is 0 Å². The first-order valence-electron chi connectivity index (χ1n) is 6.87. The third-order valence-corrected chi connectivity index (χ3v) is 4.92. The Hall–Kier alpha value is -1.20. The van der Waals surface area contributed by atoms with Crippen LogP contribution in [0.15, 0.2) is 23.1 Å². The summed E-state index contributed by atoms with van der Waals surface area (Å²) in [6.45, 7) is 0. The Balaban J connectivity index is 1.75. The number of anilines is 1. The van der Waals surface area contributed by atoms with Crippen molar-refractivity contribution >= 4 is 23.5 Å². The van der Waals surface area contributed by atoms with Crippen molar-refractivity contribution in [3.05, 3.63) is 23.8 Å². The van der Waals surface area contributed by atoms with E-state index in [2.05, 4.69) is 10.0 Å². The summed E-state index contributed by atoms with van der Waals surface area (Å²) in [4.78, 5) is 12.2. The molecule has 1 amide bonds. The van der Waals surface area contributed by atoms with E-state index in [9.17, 15) is 4.79 Å². The van der Waals surface area contributed by atoms with E-state index in [1.807, 2.05) is 12.1 Å². The van der Waals surface area contributed by atoms with Gasteiger partial charge in [0.1, 0.15) is 0 Å². The van der Waals surface area contributed by atoms with Gasteiger partial charge in [-0.1, -0.05) is 19.3 Å². The molecule has 1 aromatic rings. The van der Waals surface area contributed by atoms with Gasteiger partial charge in [-0.2, -0.15) is 0 Å². The van der Waals surface area contributed by atoms with Crippen LogP contribution in [0.5, 0.6) is 0 Å². The molecule has 0 radical (unpaired) electrons. The van der Waals surface area contributed by atoms with Crippen LogP contribution in [0.2, 0.25) is 0 Å². The minimum absolute atomic E-state index is 0.331. The Bertz CT molecular complexity index is 486. The smallest absolute Gasteiger partial charge is 0.248 e. The van der Waals surface area contributed by atoms with Gasteiger partial charge in [-0.05, 0) is 48.9 Å². The number of nitrogens with one attached hydrogen (secondary N) is 2. The quantitative estimate of drug-likeness (QED) is 0.727. The first-order valence-corrected chi connectivity index (χ1v) is 7.68. The van der Waals surface area contributed by atoms with Gasteiger partial charge in [-0.3, -0.25) is 4.79 Å². The number of nitrogens with two attached hydrogens (primary N) is 1. The van der Waals surface area contributed by atoms with Gasteiger partial charge in [0.15, 0.2) is 0 Å². The lowest BCUT2D eigenvalue weighted by Gasteiger charge is -2.35. The monoisotopic (exact) mass is 277 g/mol. The van der Waals surface area contributed by atoms with Crippen LogP contribution in [-0.4, -0.2) is 12.1 Å². The van der Waals surface area contributed by atoms with Gasteiger partial charge in [-0.15, -0.1) is 0 Å². The summed E-state index contributed by atoms with van der Waals surface area (Å²) in [5, 5.41) is 3.55. The summed E-state index contributed by atoms with van der Waals surface area (Å²) in [5.41, 5.74) is 6.96. The summed E-state index contributed by atoms with van der Waals surface area (Å²) < 4.78 is 3.46. The maximum atomic E-state index is 11.2. The number of hydrogen-bond donors (Lipinski definition) is 3. The van der Waals surface area contributed by atoms with Gasteiger partial charge in [-0.25, -0.2) is 4.72 Å². The maximum Gasteiger partial charge on any atom is 0.248 e. The van der Waals surface area contributed by atoms with Crippen LogP contribution in [0.25, 0.3) is 0 Å². The minimum atomic E-state index is -0.377. The van der Waals surface area contributed by atoms with Crippen molar-refractivity contribution in [2.24, 2.45) is 11.7 Å². The van der Waals surface area contributed by atoms with E-state index in [0.717, 1.165) is 10.6 Å². The number of carbonyl (C=O) groups excluding carboxylic acids is 1. The Morgan fingerprint density at radius 1 is 1.26 bits per heavy atom. The second-order valence-corrected chi connectivity index (χ2v) is 6.19. The van der Waals surface area contributed by atoms with Crippen molar-refractivity contribution in [3.8, 4) is 0 Å². The van der Waals surface area contributed by atoms with Crippen LogP contribution in [0, 0.1) is 5.92 Å². The lowest BCUT2D eigenvalue weighted by Crippen LogP contribution is -2.42. The van der Waals surface area contributed by atoms with E-state index >= 15 is 0 Å². The van der Waals surface area contributed by atoms with Crippen LogP contribution in [-0.2, 0) is 0 Å². The van der Waals surface area contributed by atoms with Crippen molar-refractivity contribution in [2.75, 3.05) is 5.32 Å². The summed E-state index contributed by atoms with van der Waals surface area (Å²) in [5.74, 6) is 0.322. The molecule has 1 aliphatic heterocycles. The van der Waals surface area contributed by atoms with E-state index in [1.165, 1.54) is 32.1 Å². The zero-order chi connectivity index (χ0) is 13.2. The molecule has 1 fully saturated rings. The van der Waals surface area contributed by atoms with Gasteiger partial charge in [0.2, 0.25) is 5.91 Å². The number of carbonyl (C=O) groups is 1. The highest BCUT2D eigenvalue weighted by atomic mass is 32.2. The Kier molecular flexibility index (Phi) is 3.66. The van der Waals surface area contributed by atoms with E-state index in [-0.39, 0.29) is 5.91 Å². The zero-order valence-corrected chi connectivity index (χ0v) is 11.6. The maximum absolute atomic E-state index is 11.2. The van der Waals surface area contributed by atoms with E-state index < -0.39 is 0 Å². The van der Waals surface area contributed by atoms with Crippen LogP contribution in [0.4, 0.5) is 5.69 Å². The summed E-state index contributed by atoms with van der Waals surface area (Å²) >= 11 is 1.60. The Morgan fingerprint density at radius 2 is 2.05 bits per heavy atom. The number of benzene rings is 1. The molecular formula is C14H19N3OS. The second kappa shape index (κ2) is 5.43. The lowest BCUT2D eigenvalue weighted by molar-refractivity contribution is 0.1000. The predicted octanol–water partition coefficient (Wildman–Crippen LogP) is 2.71. The highest BCUT2D eigenvalue weighted by Crippen LogP contribution is 2.35. The normalized spacial score (nSPS) is 23.5. The molecule has 3 rings (SSSR count). The molecular weight excluding hydrogens is 258 g/mol. The molecule has 102 valence electrons. The minimum Gasteiger partial charge on any atom is -0.368 e. The summed E-state index contributed by atoms with van der Waals surface area (Å²) in [7, 11) is 0. The van der Waals surface area contributed by atoms with Crippen LogP contribution in [0.1, 0.15) is 42.5 Å². The van der Waals surface area contributed by atoms with Gasteiger partial charge in [0, 0.05) is 10.5 Å². The van der Waals surface area contributed by atoms with Gasteiger partial charge in [0.05, 0.1) is 11.9 Å². The first kappa shape index (κ1) is 12.8. The van der Waals surface area contributed by atoms with Crippen LogP contribution >= 0.6 is 11.9 Å². The molecule has 1 aromatic carbocycles. The van der Waals surface area contributed by atoms with E-state index in [0.29, 0.717) is 17.6 Å². The Labute approximate surface area is 117 Å². The number of hydrogen-bond acceptors (Lipinski definition) is 4. The molecule has 19 heavy (non-hydrogen) atoms. The van der Waals surface area contributed by atoms with Gasteiger partial charge in [0.25, 0.3) is 0 Å². The molecule has 1 unspecified atom stereocenters. The highest BCUT2D eigenvalue weighted by molar-refractivity contribution is 7.97. The van der Waals surface area contributed by atoms with Crippen LogP contribution < -0.4 is 15.8 Å². The Morgan fingerprint density at radius 3 is 2.79 bits per heavy atom. The molecule has 4 N–H and O–H groups in total. The average Bonchev–Trinajstić information content (AvgIpc) is 2.47. The lowest BCUT2D eigenvalue weighted by atomic mass is 9.87. The fraction of sp³-hybridized carbons (Fsp3) is 0.500. The fourth-order valence-electron chi connectivity index (χ4n) is 2.88.